The number of fused-ring (bicyclic) bond motifs is 3. The number of hydrogen-bond donors (Lipinski definition) is 1. The number of rotatable bonds is 2. The molecule has 112 valence electrons. The van der Waals surface area contributed by atoms with Gasteiger partial charge in [-0.15, -0.1) is 11.3 Å². The van der Waals surface area contributed by atoms with Gasteiger partial charge in [0, 0.05) is 10.4 Å². The fourth-order valence-electron chi connectivity index (χ4n) is 3.07. The van der Waals surface area contributed by atoms with Gasteiger partial charge in [-0.2, -0.15) is 0 Å². The first-order valence-corrected chi connectivity index (χ1v) is 8.27. The molecule has 0 amide bonds. The largest absolute Gasteiger partial charge is 0.497 e. The summed E-state index contributed by atoms with van der Waals surface area (Å²) >= 11 is 1.67. The van der Waals surface area contributed by atoms with Gasteiger partial charge in [-0.3, -0.25) is 4.79 Å². The van der Waals surface area contributed by atoms with Gasteiger partial charge in [-0.25, -0.2) is 4.98 Å². The average Bonchev–Trinajstić information content (AvgIpc) is 2.93. The van der Waals surface area contributed by atoms with E-state index in [1.807, 2.05) is 24.3 Å². The van der Waals surface area contributed by atoms with Gasteiger partial charge in [0.25, 0.3) is 5.56 Å². The third kappa shape index (κ3) is 2.13. The van der Waals surface area contributed by atoms with Crippen LogP contribution in [-0.2, 0) is 12.8 Å². The molecule has 0 saturated carbocycles. The van der Waals surface area contributed by atoms with E-state index in [1.165, 1.54) is 16.9 Å². The molecule has 0 radical (unpaired) electrons. The summed E-state index contributed by atoms with van der Waals surface area (Å²) in [5.41, 5.74) is 2.06. The van der Waals surface area contributed by atoms with Crippen LogP contribution in [0.1, 0.15) is 23.3 Å². The Hall–Kier alpha value is -2.14. The monoisotopic (exact) mass is 312 g/mol. The van der Waals surface area contributed by atoms with E-state index in [0.29, 0.717) is 5.82 Å². The summed E-state index contributed by atoms with van der Waals surface area (Å²) in [4.78, 5) is 22.4. The number of hydrogen-bond acceptors (Lipinski definition) is 4. The summed E-state index contributed by atoms with van der Waals surface area (Å²) in [7, 11) is 1.63. The maximum atomic E-state index is 12.5. The molecule has 4 rings (SSSR count). The molecule has 1 aliphatic rings. The summed E-state index contributed by atoms with van der Waals surface area (Å²) < 4.78 is 5.24. The Balaban J connectivity index is 1.91. The van der Waals surface area contributed by atoms with E-state index in [-0.39, 0.29) is 5.56 Å². The molecule has 22 heavy (non-hydrogen) atoms. The molecule has 0 unspecified atom stereocenters. The lowest BCUT2D eigenvalue weighted by molar-refractivity contribution is 0.415. The van der Waals surface area contributed by atoms with Crippen molar-refractivity contribution in [2.75, 3.05) is 7.11 Å². The lowest BCUT2D eigenvalue weighted by atomic mass is 9.97. The van der Waals surface area contributed by atoms with Gasteiger partial charge < -0.3 is 9.72 Å². The summed E-state index contributed by atoms with van der Waals surface area (Å²) in [5, 5.41) is 0.798. The van der Waals surface area contributed by atoms with Crippen LogP contribution in [0.5, 0.6) is 5.75 Å². The second-order valence-electron chi connectivity index (χ2n) is 5.54. The highest BCUT2D eigenvalue weighted by Gasteiger charge is 2.20. The van der Waals surface area contributed by atoms with E-state index >= 15 is 0 Å². The number of nitrogens with zero attached hydrogens (tertiary/aromatic N) is 1. The normalized spacial score (nSPS) is 14.0. The molecule has 1 aliphatic carbocycles. The van der Waals surface area contributed by atoms with E-state index < -0.39 is 0 Å². The third-order valence-corrected chi connectivity index (χ3v) is 5.35. The molecule has 2 aromatic heterocycles. The second-order valence-corrected chi connectivity index (χ2v) is 6.62. The summed E-state index contributed by atoms with van der Waals surface area (Å²) in [6, 6.07) is 7.60. The fraction of sp³-hybridized carbons (Fsp3) is 0.294. The minimum atomic E-state index is -0.0257. The fourth-order valence-corrected chi connectivity index (χ4v) is 4.33. The van der Waals surface area contributed by atoms with Crippen LogP contribution >= 0.6 is 11.3 Å². The summed E-state index contributed by atoms with van der Waals surface area (Å²) in [5.74, 6) is 1.36. The van der Waals surface area contributed by atoms with Gasteiger partial charge in [0.2, 0.25) is 0 Å². The first-order valence-electron chi connectivity index (χ1n) is 7.45. The Morgan fingerprint density at radius 2 is 2.14 bits per heavy atom. The highest BCUT2D eigenvalue weighted by Crippen LogP contribution is 2.34. The highest BCUT2D eigenvalue weighted by molar-refractivity contribution is 7.18. The molecule has 0 aliphatic heterocycles. The summed E-state index contributed by atoms with van der Waals surface area (Å²) in [6.45, 7) is 0. The SMILES string of the molecule is COc1cccc(-c2nc3sc4c(c3c(=O)[nH]2)CCCC4)c1. The van der Waals surface area contributed by atoms with E-state index in [2.05, 4.69) is 4.98 Å². The molecule has 3 aromatic rings. The predicted octanol–water partition coefficient (Wildman–Crippen LogP) is 3.54. The molecule has 5 heteroatoms. The minimum Gasteiger partial charge on any atom is -0.497 e. The van der Waals surface area contributed by atoms with Crippen LogP contribution in [0, 0.1) is 0 Å². The molecule has 0 spiro atoms. The van der Waals surface area contributed by atoms with Crippen LogP contribution in [-0.4, -0.2) is 17.1 Å². The number of aromatic nitrogens is 2. The van der Waals surface area contributed by atoms with Gasteiger partial charge >= 0.3 is 0 Å². The molecule has 0 fully saturated rings. The molecule has 0 bridgehead atoms. The Kier molecular flexibility index (Phi) is 3.22. The molecule has 1 aromatic carbocycles. The zero-order valence-electron chi connectivity index (χ0n) is 12.3. The van der Waals surface area contributed by atoms with Gasteiger partial charge in [0.05, 0.1) is 12.5 Å². The smallest absolute Gasteiger partial charge is 0.260 e. The number of H-pyrrole nitrogens is 1. The standard InChI is InChI=1S/C17H16N2O2S/c1-21-11-6-4-5-10(9-11)15-18-16(20)14-12-7-2-3-8-13(12)22-17(14)19-15/h4-6,9H,2-3,7-8H2,1H3,(H,18,19,20). The minimum absolute atomic E-state index is 0.0257. The molecule has 2 heterocycles. The number of methoxy groups -OCH3 is 1. The number of aryl methyl sites for hydroxylation is 2. The van der Waals surface area contributed by atoms with Crippen molar-refractivity contribution >= 4 is 21.6 Å². The van der Waals surface area contributed by atoms with Crippen molar-refractivity contribution in [3.63, 3.8) is 0 Å². The van der Waals surface area contributed by atoms with Crippen molar-refractivity contribution in [2.24, 2.45) is 0 Å². The van der Waals surface area contributed by atoms with Crippen molar-refractivity contribution in [1.29, 1.82) is 0 Å². The Morgan fingerprint density at radius 1 is 1.27 bits per heavy atom. The summed E-state index contributed by atoms with van der Waals surface area (Å²) in [6.07, 6.45) is 4.44. The van der Waals surface area contributed by atoms with Crippen LogP contribution < -0.4 is 10.3 Å². The van der Waals surface area contributed by atoms with Crippen LogP contribution in [0.4, 0.5) is 0 Å². The topological polar surface area (TPSA) is 55.0 Å². The van der Waals surface area contributed by atoms with Crippen LogP contribution in [0.15, 0.2) is 29.1 Å². The number of nitrogens with one attached hydrogen (secondary N) is 1. The van der Waals surface area contributed by atoms with Crippen molar-refractivity contribution in [2.45, 2.75) is 25.7 Å². The lowest BCUT2D eigenvalue weighted by Crippen LogP contribution is -2.11. The molecule has 0 saturated heterocycles. The number of ether oxygens (including phenoxy) is 1. The maximum Gasteiger partial charge on any atom is 0.260 e. The Labute approximate surface area is 131 Å². The van der Waals surface area contributed by atoms with Crippen molar-refractivity contribution in [1.82, 2.24) is 9.97 Å². The van der Waals surface area contributed by atoms with E-state index in [0.717, 1.165) is 40.8 Å². The second kappa shape index (κ2) is 5.25. The quantitative estimate of drug-likeness (QED) is 0.787. The third-order valence-electron chi connectivity index (χ3n) is 4.17. The van der Waals surface area contributed by atoms with E-state index in [4.69, 9.17) is 9.72 Å². The molecule has 4 nitrogen and oxygen atoms in total. The Bertz CT molecular complexity index is 911. The number of thiophene rings is 1. The molecule has 0 atom stereocenters. The maximum absolute atomic E-state index is 12.5. The van der Waals surface area contributed by atoms with Crippen LogP contribution in [0.3, 0.4) is 0 Å². The van der Waals surface area contributed by atoms with Crippen molar-refractivity contribution < 1.29 is 4.74 Å². The number of benzene rings is 1. The van der Waals surface area contributed by atoms with E-state index in [9.17, 15) is 4.79 Å². The Morgan fingerprint density at radius 3 is 3.00 bits per heavy atom. The van der Waals surface area contributed by atoms with Crippen LogP contribution in [0.25, 0.3) is 21.6 Å². The average molecular weight is 312 g/mol. The molecular formula is C17H16N2O2S. The van der Waals surface area contributed by atoms with Gasteiger partial charge in [0.1, 0.15) is 16.4 Å². The molecular weight excluding hydrogens is 296 g/mol. The van der Waals surface area contributed by atoms with Crippen molar-refractivity contribution in [3.05, 3.63) is 45.1 Å². The zero-order chi connectivity index (χ0) is 15.1. The predicted molar refractivity (Wildman–Crippen MR) is 88.9 cm³/mol. The van der Waals surface area contributed by atoms with Gasteiger partial charge in [-0.1, -0.05) is 12.1 Å². The number of aromatic amines is 1. The molecule has 1 N–H and O–H groups in total. The lowest BCUT2D eigenvalue weighted by Gasteiger charge is -2.09. The van der Waals surface area contributed by atoms with Crippen molar-refractivity contribution in [3.8, 4) is 17.1 Å². The first kappa shape index (κ1) is 13.5. The van der Waals surface area contributed by atoms with Crippen LogP contribution in [0.2, 0.25) is 0 Å². The van der Waals surface area contributed by atoms with Gasteiger partial charge in [0.15, 0.2) is 0 Å². The highest BCUT2D eigenvalue weighted by atomic mass is 32.1. The zero-order valence-corrected chi connectivity index (χ0v) is 13.1. The first-order chi connectivity index (χ1) is 10.8. The van der Waals surface area contributed by atoms with E-state index in [1.54, 1.807) is 18.4 Å². The van der Waals surface area contributed by atoms with Gasteiger partial charge in [-0.05, 0) is 43.4 Å².